The third-order valence-electron chi connectivity index (χ3n) is 7.35. The average Bonchev–Trinajstić information content (AvgIpc) is 3.14. The minimum absolute atomic E-state index is 0.0257. The number of aromatic nitrogens is 3. The van der Waals surface area contributed by atoms with E-state index in [2.05, 4.69) is 27.8 Å². The van der Waals surface area contributed by atoms with E-state index in [0.29, 0.717) is 12.1 Å². The normalized spacial score (nSPS) is 21.5. The second-order valence-electron chi connectivity index (χ2n) is 10.7. The summed E-state index contributed by atoms with van der Waals surface area (Å²) >= 11 is 0. The molecular formula is C25H31N7O. The van der Waals surface area contributed by atoms with E-state index in [1.807, 2.05) is 31.7 Å². The van der Waals surface area contributed by atoms with E-state index in [1.54, 1.807) is 18.6 Å². The fraction of sp³-hybridized carbons (Fsp3) is 0.560. The largest absolute Gasteiger partial charge is 0.352 e. The molecule has 1 saturated heterocycles. The lowest BCUT2D eigenvalue weighted by molar-refractivity contribution is -0.142. The first-order chi connectivity index (χ1) is 15.7. The van der Waals surface area contributed by atoms with Crippen molar-refractivity contribution in [3.8, 4) is 6.07 Å². The zero-order valence-corrected chi connectivity index (χ0v) is 19.9. The van der Waals surface area contributed by atoms with Gasteiger partial charge in [0.2, 0.25) is 5.91 Å². The molecule has 8 nitrogen and oxygen atoms in total. The van der Waals surface area contributed by atoms with Crippen LogP contribution in [0.4, 0.5) is 17.5 Å². The summed E-state index contributed by atoms with van der Waals surface area (Å²) in [5.41, 5.74) is 1.45. The summed E-state index contributed by atoms with van der Waals surface area (Å²) in [6, 6.07) is 5.89. The molecule has 5 rings (SSSR count). The van der Waals surface area contributed by atoms with Crippen molar-refractivity contribution >= 4 is 23.4 Å². The molecule has 8 heteroatoms. The topological polar surface area (TPSA) is 89.2 Å². The van der Waals surface area contributed by atoms with Gasteiger partial charge in [-0.1, -0.05) is 27.2 Å². The van der Waals surface area contributed by atoms with Crippen molar-refractivity contribution in [1.29, 1.82) is 5.26 Å². The zero-order valence-electron chi connectivity index (χ0n) is 19.9. The highest BCUT2D eigenvalue weighted by Crippen LogP contribution is 2.56. The van der Waals surface area contributed by atoms with Gasteiger partial charge >= 0.3 is 0 Å². The van der Waals surface area contributed by atoms with Crippen LogP contribution in [0.3, 0.4) is 0 Å². The molecule has 0 bridgehead atoms. The van der Waals surface area contributed by atoms with Crippen molar-refractivity contribution in [2.45, 2.75) is 58.4 Å². The Bertz CT molecular complexity index is 1130. The van der Waals surface area contributed by atoms with Crippen molar-refractivity contribution in [2.24, 2.45) is 5.41 Å². The summed E-state index contributed by atoms with van der Waals surface area (Å²) in [4.78, 5) is 33.5. The number of nitrogens with zero attached hydrogens (tertiary/aromatic N) is 7. The first-order valence-electron chi connectivity index (χ1n) is 11.8. The van der Waals surface area contributed by atoms with Crippen LogP contribution in [-0.4, -0.2) is 58.0 Å². The molecule has 1 spiro atoms. The lowest BCUT2D eigenvalue weighted by atomic mass is 9.66. The summed E-state index contributed by atoms with van der Waals surface area (Å²) < 4.78 is 0. The van der Waals surface area contributed by atoms with Gasteiger partial charge in [0.25, 0.3) is 0 Å². The molecule has 1 unspecified atom stereocenters. The Morgan fingerprint density at radius 2 is 1.94 bits per heavy atom. The molecule has 3 aliphatic rings. The fourth-order valence-electron chi connectivity index (χ4n) is 5.46. The van der Waals surface area contributed by atoms with Gasteiger partial charge in [0.15, 0.2) is 0 Å². The fourth-order valence-corrected chi connectivity index (χ4v) is 5.46. The van der Waals surface area contributed by atoms with Crippen LogP contribution < -0.4 is 9.80 Å². The van der Waals surface area contributed by atoms with Gasteiger partial charge in [-0.2, -0.15) is 5.26 Å². The van der Waals surface area contributed by atoms with E-state index >= 15 is 0 Å². The number of hydrogen-bond donors (Lipinski definition) is 0. The molecule has 0 aromatic carbocycles. The molecule has 0 N–H and O–H groups in total. The highest BCUT2D eigenvalue weighted by Gasteiger charge is 2.51. The first-order valence-corrected chi connectivity index (χ1v) is 11.8. The highest BCUT2D eigenvalue weighted by molar-refractivity contribution is 5.82. The number of nitriles is 1. The molecule has 4 heterocycles. The molecular weight excluding hydrogens is 414 g/mol. The number of pyridine rings is 1. The van der Waals surface area contributed by atoms with E-state index < -0.39 is 0 Å². The number of hydrogen-bond acceptors (Lipinski definition) is 7. The molecule has 1 amide bonds. The number of anilines is 3. The molecule has 2 aliphatic heterocycles. The Labute approximate surface area is 195 Å². The number of carbonyl (C=O) groups excluding carboxylic acids is 1. The van der Waals surface area contributed by atoms with Crippen LogP contribution in [0.1, 0.15) is 58.1 Å². The van der Waals surface area contributed by atoms with Crippen molar-refractivity contribution in [3.05, 3.63) is 35.8 Å². The van der Waals surface area contributed by atoms with Crippen LogP contribution in [-0.2, 0) is 10.2 Å². The standard InChI is InChI=1S/C25H31N7O/c1-17-14-30(10-11-31(17)23(33)24(2,3)4)21-20-22(29-16-28-21)32(15-25(20)7-5-8-25)19-12-18(13-26)6-9-27-19/h6,9,12,16-17H,5,7-8,10-11,14-15H2,1-4H3. The molecule has 2 fully saturated rings. The second kappa shape index (κ2) is 7.68. The lowest BCUT2D eigenvalue weighted by Gasteiger charge is -2.45. The number of fused-ring (bicyclic) bond motifs is 2. The minimum atomic E-state index is -0.381. The molecule has 2 aromatic heterocycles. The maximum absolute atomic E-state index is 12.9. The predicted octanol–water partition coefficient (Wildman–Crippen LogP) is 3.40. The summed E-state index contributed by atoms with van der Waals surface area (Å²) in [6.45, 7) is 11.1. The lowest BCUT2D eigenvalue weighted by Crippen LogP contribution is -2.57. The predicted molar refractivity (Wildman–Crippen MR) is 126 cm³/mol. The van der Waals surface area contributed by atoms with E-state index in [4.69, 9.17) is 9.97 Å². The van der Waals surface area contributed by atoms with Crippen LogP contribution in [0.25, 0.3) is 0 Å². The van der Waals surface area contributed by atoms with Crippen molar-refractivity contribution in [1.82, 2.24) is 19.9 Å². The Balaban J connectivity index is 1.49. The zero-order chi connectivity index (χ0) is 23.4. The highest BCUT2D eigenvalue weighted by atomic mass is 16.2. The number of rotatable bonds is 2. The van der Waals surface area contributed by atoms with E-state index in [0.717, 1.165) is 49.9 Å². The van der Waals surface area contributed by atoms with Crippen LogP contribution >= 0.6 is 0 Å². The summed E-state index contributed by atoms with van der Waals surface area (Å²) in [7, 11) is 0. The molecule has 0 radical (unpaired) electrons. The van der Waals surface area contributed by atoms with Gasteiger partial charge in [0.05, 0.1) is 11.6 Å². The van der Waals surface area contributed by atoms with Crippen LogP contribution in [0, 0.1) is 16.7 Å². The molecule has 33 heavy (non-hydrogen) atoms. The molecule has 1 atom stereocenters. The summed E-state index contributed by atoms with van der Waals surface area (Å²) in [6.07, 6.45) is 6.73. The monoisotopic (exact) mass is 445 g/mol. The number of carbonyl (C=O) groups is 1. The van der Waals surface area contributed by atoms with Gasteiger partial charge in [-0.3, -0.25) is 4.79 Å². The van der Waals surface area contributed by atoms with Crippen molar-refractivity contribution < 1.29 is 4.79 Å². The van der Waals surface area contributed by atoms with Crippen molar-refractivity contribution in [3.63, 3.8) is 0 Å². The Morgan fingerprint density at radius 1 is 1.18 bits per heavy atom. The molecule has 1 aliphatic carbocycles. The maximum atomic E-state index is 12.9. The molecule has 2 aromatic rings. The Morgan fingerprint density at radius 3 is 2.58 bits per heavy atom. The molecule has 1 saturated carbocycles. The van der Waals surface area contributed by atoms with Gasteiger partial charge in [-0.25, -0.2) is 15.0 Å². The minimum Gasteiger partial charge on any atom is -0.352 e. The van der Waals surface area contributed by atoms with Crippen LogP contribution in [0.2, 0.25) is 0 Å². The third-order valence-corrected chi connectivity index (χ3v) is 7.35. The van der Waals surface area contributed by atoms with E-state index in [9.17, 15) is 10.1 Å². The average molecular weight is 446 g/mol. The summed E-state index contributed by atoms with van der Waals surface area (Å²) in [5.74, 6) is 2.86. The quantitative estimate of drug-likeness (QED) is 0.700. The van der Waals surface area contributed by atoms with Gasteiger partial charge in [-0.15, -0.1) is 0 Å². The van der Waals surface area contributed by atoms with Crippen LogP contribution in [0.5, 0.6) is 0 Å². The van der Waals surface area contributed by atoms with Crippen molar-refractivity contribution in [2.75, 3.05) is 36.0 Å². The number of amides is 1. The van der Waals surface area contributed by atoms with Gasteiger partial charge in [0.1, 0.15) is 23.8 Å². The Kier molecular flexibility index (Phi) is 5.04. The first kappa shape index (κ1) is 21.6. The third kappa shape index (κ3) is 3.50. The number of piperazine rings is 1. The SMILES string of the molecule is CC1CN(c2ncnc3c2C2(CCC2)CN3c2cc(C#N)ccn2)CCN1C(=O)C(C)(C)C. The van der Waals surface area contributed by atoms with Gasteiger partial charge in [-0.05, 0) is 31.9 Å². The van der Waals surface area contributed by atoms with E-state index in [1.165, 1.54) is 12.0 Å². The van der Waals surface area contributed by atoms with E-state index in [-0.39, 0.29) is 22.8 Å². The van der Waals surface area contributed by atoms with Gasteiger partial charge < -0.3 is 14.7 Å². The summed E-state index contributed by atoms with van der Waals surface area (Å²) in [5, 5.41) is 9.35. The maximum Gasteiger partial charge on any atom is 0.228 e. The van der Waals surface area contributed by atoms with Gasteiger partial charge in [0, 0.05) is 54.8 Å². The second-order valence-corrected chi connectivity index (χ2v) is 10.7. The molecule has 172 valence electrons. The Hall–Kier alpha value is -3.21. The van der Waals surface area contributed by atoms with Crippen LogP contribution in [0.15, 0.2) is 24.7 Å². The smallest absolute Gasteiger partial charge is 0.228 e.